The number of aryl methyl sites for hydroxylation is 2. The Hall–Kier alpha value is -3.13. The molecule has 0 bridgehead atoms. The predicted molar refractivity (Wildman–Crippen MR) is 254 cm³/mol. The van der Waals surface area contributed by atoms with Crippen LogP contribution in [0.4, 0.5) is 8.63 Å². The Bertz CT molecular complexity index is 1730. The predicted octanol–water partition coefficient (Wildman–Crippen LogP) is 11.7. The highest BCUT2D eigenvalue weighted by atomic mass is 31.2. The lowest BCUT2D eigenvalue weighted by Gasteiger charge is -2.30. The van der Waals surface area contributed by atoms with Crippen molar-refractivity contribution in [2.45, 2.75) is 214 Å². The summed E-state index contributed by atoms with van der Waals surface area (Å²) in [6.07, 6.45) is 33.9. The largest absolute Gasteiger partial charge is 0.756 e. The van der Waals surface area contributed by atoms with Crippen LogP contribution in [0, 0.1) is 13.8 Å². The zero-order chi connectivity index (χ0) is 47.3. The number of allylic oxidation sites excluding steroid dienone is 1. The lowest BCUT2D eigenvalue weighted by molar-refractivity contribution is -0.360. The van der Waals surface area contributed by atoms with Crippen LogP contribution in [0.3, 0.4) is 0 Å². The molecule has 3 heterocycles. The first-order valence-corrected chi connectivity index (χ1v) is 26.8. The Kier molecular flexibility index (Phi) is 27.5. The van der Waals surface area contributed by atoms with Gasteiger partial charge in [0.1, 0.15) is 6.61 Å². The third kappa shape index (κ3) is 21.6. The summed E-state index contributed by atoms with van der Waals surface area (Å²) in [6, 6.07) is 1.66. The Balaban J connectivity index is 1.40. The summed E-state index contributed by atoms with van der Waals surface area (Å²) >= 11 is 0. The summed E-state index contributed by atoms with van der Waals surface area (Å²) < 4.78 is 66.8. The van der Waals surface area contributed by atoms with E-state index < -0.39 is 52.0 Å². The molecule has 2 aliphatic rings. The summed E-state index contributed by atoms with van der Waals surface area (Å²) in [7, 11) is -5.00. The van der Waals surface area contributed by atoms with Gasteiger partial charge in [0.05, 0.1) is 13.2 Å². The second-order valence-corrected chi connectivity index (χ2v) is 19.5. The number of fused-ring (bicyclic) bond motifs is 2. The minimum absolute atomic E-state index is 0.133. The molecule has 0 fully saturated rings. The molecule has 2 unspecified atom stereocenters. The molecule has 0 saturated heterocycles. The van der Waals surface area contributed by atoms with Gasteiger partial charge in [0.2, 0.25) is 5.71 Å². The van der Waals surface area contributed by atoms with Gasteiger partial charge in [-0.1, -0.05) is 168 Å². The number of amides is 1. The van der Waals surface area contributed by atoms with E-state index in [1.54, 1.807) is 26.0 Å². The molecule has 0 aromatic carbocycles. The molecule has 65 heavy (non-hydrogen) atoms. The highest BCUT2D eigenvalue weighted by Gasteiger charge is 2.53. The van der Waals surface area contributed by atoms with Crippen molar-refractivity contribution in [3.8, 4) is 0 Å². The van der Waals surface area contributed by atoms with Crippen molar-refractivity contribution in [2.24, 2.45) is 0 Å². The monoisotopic (exact) mass is 937 g/mol. The maximum atomic E-state index is 15.7. The number of nitrogens with one attached hydrogen (secondary N) is 1. The van der Waals surface area contributed by atoms with Gasteiger partial charge in [0, 0.05) is 43.3 Å². The van der Waals surface area contributed by atoms with E-state index in [0.717, 1.165) is 43.0 Å². The number of phosphoric ester groups is 1. The van der Waals surface area contributed by atoms with Crippen molar-refractivity contribution in [1.82, 2.24) is 9.79 Å². The van der Waals surface area contributed by atoms with Gasteiger partial charge < -0.3 is 46.3 Å². The fraction of sp³-hybridized carbons (Fsp3) is 0.755. The molecule has 1 amide bonds. The summed E-state index contributed by atoms with van der Waals surface area (Å²) in [5.41, 5.74) is 1.32. The molecular weight excluding hydrogens is 854 g/mol. The molecule has 16 heteroatoms. The van der Waals surface area contributed by atoms with E-state index in [4.69, 9.17) is 18.5 Å². The Labute approximate surface area is 389 Å². The number of esters is 2. The van der Waals surface area contributed by atoms with Gasteiger partial charge in [0.15, 0.2) is 11.8 Å². The number of carbonyl (C=O) groups is 3. The molecule has 1 aromatic rings. The first-order chi connectivity index (χ1) is 31.3. The van der Waals surface area contributed by atoms with Gasteiger partial charge in [0.25, 0.3) is 7.82 Å². The highest BCUT2D eigenvalue weighted by Crippen LogP contribution is 2.38. The minimum Gasteiger partial charge on any atom is -0.756 e. The van der Waals surface area contributed by atoms with Gasteiger partial charge in [-0.15, -0.1) is 0 Å². The number of hydrogen-bond donors (Lipinski definition) is 1. The van der Waals surface area contributed by atoms with E-state index in [-0.39, 0.29) is 37.4 Å². The molecule has 0 saturated carbocycles. The van der Waals surface area contributed by atoms with Crippen LogP contribution in [0.5, 0.6) is 0 Å². The standard InChI is InChI=1S/C49H83BF2N3O9P/c1-5-7-9-11-13-15-17-19-21-23-25-27-29-31-47(56)61-39-44(64-48(57)32-30-28-26-24-22-20-18-16-14-12-10-8-6-2)40-63-65(59,60)62-36-35-53-49(58)45-34-33-43-38-46-41(3)37-42(4)54(46)50(51,52)55(43)45/h33-34,37-38,44H,5-32,35-36,39-40H2,1-4H3,(H,53,58)(H,59,60)/p-1. The van der Waals surface area contributed by atoms with E-state index in [1.807, 2.05) is 0 Å². The summed E-state index contributed by atoms with van der Waals surface area (Å²) in [4.78, 5) is 51.2. The molecule has 2 aliphatic heterocycles. The van der Waals surface area contributed by atoms with Crippen LogP contribution < -0.4 is 10.2 Å². The van der Waals surface area contributed by atoms with Crippen molar-refractivity contribution in [1.29, 1.82) is 0 Å². The zero-order valence-corrected chi connectivity index (χ0v) is 41.3. The maximum absolute atomic E-state index is 15.7. The normalized spacial score (nSPS) is 15.3. The molecule has 1 aromatic heterocycles. The summed E-state index contributed by atoms with van der Waals surface area (Å²) in [5, 5.41) is 2.44. The number of carbonyl (C=O) groups excluding carboxylic acids is 3. The third-order valence-electron chi connectivity index (χ3n) is 12.3. The number of nitrogens with zero attached hydrogens (tertiary/aromatic N) is 2. The smallest absolute Gasteiger partial charge is 0.737 e. The Morgan fingerprint density at radius 3 is 1.69 bits per heavy atom. The topological polar surface area (TPSA) is 148 Å². The van der Waals surface area contributed by atoms with Crippen molar-refractivity contribution in [3.63, 3.8) is 0 Å². The van der Waals surface area contributed by atoms with Gasteiger partial charge >= 0.3 is 24.8 Å². The number of ether oxygens (including phenoxy) is 2. The van der Waals surface area contributed by atoms with Crippen LogP contribution in [0.25, 0.3) is 6.08 Å². The molecule has 2 atom stereocenters. The molecule has 3 rings (SSSR count). The van der Waals surface area contributed by atoms with Gasteiger partial charge in [-0.05, 0) is 44.0 Å². The third-order valence-corrected chi connectivity index (χ3v) is 13.3. The SMILES string of the molecule is CCCCCCCCCCCCCCCC(=O)OCC(COP(=O)([O-])OCCNC(=O)C1=[N+]2C(=Cc3c(C)cc(C)n3[B-]2(F)F)C=C1)OC(=O)CCCCCCCCCCCCCCC. The highest BCUT2D eigenvalue weighted by molar-refractivity contribution is 7.45. The number of unbranched alkanes of at least 4 members (excludes halogenated alkanes) is 24. The Morgan fingerprint density at radius 1 is 0.708 bits per heavy atom. The van der Waals surface area contributed by atoms with Crippen LogP contribution in [0.15, 0.2) is 23.9 Å². The van der Waals surface area contributed by atoms with Crippen LogP contribution >= 0.6 is 7.82 Å². The first-order valence-electron chi connectivity index (χ1n) is 25.3. The number of hydrogen-bond acceptors (Lipinski definition) is 9. The van der Waals surface area contributed by atoms with E-state index >= 15 is 8.63 Å². The summed E-state index contributed by atoms with van der Waals surface area (Å²) in [5.74, 6) is -1.85. The fourth-order valence-electron chi connectivity index (χ4n) is 8.62. The second-order valence-electron chi connectivity index (χ2n) is 18.1. The lowest BCUT2D eigenvalue weighted by Crippen LogP contribution is -2.52. The van der Waals surface area contributed by atoms with Gasteiger partial charge in [-0.3, -0.25) is 18.9 Å². The quantitative estimate of drug-likeness (QED) is 0.0295. The molecule has 1 N–H and O–H groups in total. The number of rotatable bonds is 39. The van der Waals surface area contributed by atoms with Crippen molar-refractivity contribution in [3.05, 3.63) is 40.9 Å². The number of halogens is 2. The van der Waals surface area contributed by atoms with E-state index in [2.05, 4.69) is 19.2 Å². The molecule has 370 valence electrons. The fourth-order valence-corrected chi connectivity index (χ4v) is 9.36. The van der Waals surface area contributed by atoms with Crippen LogP contribution in [-0.4, -0.2) is 72.0 Å². The van der Waals surface area contributed by atoms with Crippen molar-refractivity contribution >= 4 is 44.4 Å². The second kappa shape index (κ2) is 31.8. The molecular formula is C49H82BF2N3O9P-. The van der Waals surface area contributed by atoms with Gasteiger partial charge in [-0.25, -0.2) is 0 Å². The Morgan fingerprint density at radius 2 is 1.18 bits per heavy atom. The average molecular weight is 937 g/mol. The van der Waals surface area contributed by atoms with E-state index in [9.17, 15) is 23.8 Å². The van der Waals surface area contributed by atoms with Crippen molar-refractivity contribution < 1.29 is 55.5 Å². The lowest BCUT2D eigenvalue weighted by atomic mass is 9.90. The number of phosphoric acid groups is 1. The van der Waals surface area contributed by atoms with Gasteiger partial charge in [-0.2, -0.15) is 0 Å². The van der Waals surface area contributed by atoms with Crippen molar-refractivity contribution in [2.75, 3.05) is 26.4 Å². The maximum Gasteiger partial charge on any atom is 0.737 e. The zero-order valence-electron chi connectivity index (χ0n) is 40.4. The van der Waals surface area contributed by atoms with Crippen LogP contribution in [0.2, 0.25) is 0 Å². The van der Waals surface area contributed by atoms with Crippen LogP contribution in [0.1, 0.15) is 211 Å². The molecule has 0 spiro atoms. The molecule has 0 radical (unpaired) electrons. The first kappa shape index (κ1) is 56.2. The minimum atomic E-state index is -5.00. The average Bonchev–Trinajstić information content (AvgIpc) is 3.84. The van der Waals surface area contributed by atoms with E-state index in [0.29, 0.717) is 34.3 Å². The number of aromatic nitrogens is 1. The molecule has 0 aliphatic carbocycles. The molecule has 12 nitrogen and oxygen atoms in total. The van der Waals surface area contributed by atoms with Crippen LogP contribution in [-0.2, 0) is 37.5 Å². The van der Waals surface area contributed by atoms with E-state index in [1.165, 1.54) is 128 Å². The summed E-state index contributed by atoms with van der Waals surface area (Å²) in [6.45, 7) is 1.51.